The van der Waals surface area contributed by atoms with Gasteiger partial charge in [0.15, 0.2) is 0 Å². The lowest BCUT2D eigenvalue weighted by Gasteiger charge is -2.20. The van der Waals surface area contributed by atoms with Crippen LogP contribution < -0.4 is 5.32 Å². The molecule has 5 nitrogen and oxygen atoms in total. The molecule has 0 unspecified atom stereocenters. The maximum Gasteiger partial charge on any atom is 0.262 e. The summed E-state index contributed by atoms with van der Waals surface area (Å²) >= 11 is 0. The van der Waals surface area contributed by atoms with Crippen LogP contribution in [-0.2, 0) is 4.79 Å². The third-order valence-electron chi connectivity index (χ3n) is 2.23. The number of imide groups is 1. The highest BCUT2D eigenvalue weighted by Crippen LogP contribution is 2.15. The van der Waals surface area contributed by atoms with Gasteiger partial charge in [0.05, 0.1) is 17.4 Å². The Morgan fingerprint density at radius 3 is 2.75 bits per heavy atom. The van der Waals surface area contributed by atoms with Crippen molar-refractivity contribution < 1.29 is 9.59 Å². The van der Waals surface area contributed by atoms with Crippen LogP contribution >= 0.6 is 0 Å². The first-order valence-electron chi connectivity index (χ1n) is 5.01. The summed E-state index contributed by atoms with van der Waals surface area (Å²) in [5.41, 5.74) is 1.05. The van der Waals surface area contributed by atoms with Crippen molar-refractivity contribution in [3.05, 3.63) is 24.0 Å². The van der Waals surface area contributed by atoms with E-state index in [2.05, 4.69) is 10.3 Å². The number of hydrogen-bond acceptors (Lipinski definition) is 4. The van der Waals surface area contributed by atoms with Crippen molar-refractivity contribution in [2.45, 2.75) is 19.9 Å². The second kappa shape index (κ2) is 5.25. The fourth-order valence-corrected chi connectivity index (χ4v) is 1.32. The number of nitrogens with zero attached hydrogens (tertiary/aromatic N) is 2. The molecule has 2 amide bonds. The van der Waals surface area contributed by atoms with E-state index in [0.717, 1.165) is 4.90 Å². The monoisotopic (exact) mass is 221 g/mol. The molecule has 16 heavy (non-hydrogen) atoms. The molecular formula is C11H15N3O2. The van der Waals surface area contributed by atoms with Crippen LogP contribution in [0.25, 0.3) is 0 Å². The number of rotatable bonds is 4. The fourth-order valence-electron chi connectivity index (χ4n) is 1.32. The molecule has 1 heterocycles. The smallest absolute Gasteiger partial charge is 0.262 e. The molecule has 86 valence electrons. The summed E-state index contributed by atoms with van der Waals surface area (Å²) in [6.45, 7) is 3.57. The van der Waals surface area contributed by atoms with Crippen molar-refractivity contribution in [3.8, 4) is 0 Å². The third kappa shape index (κ3) is 2.36. The maximum absolute atomic E-state index is 12.0. The maximum atomic E-state index is 12.0. The van der Waals surface area contributed by atoms with Crippen molar-refractivity contribution in [2.75, 3.05) is 12.4 Å². The number of carbonyl (C=O) groups is 2. The Labute approximate surface area is 94.5 Å². The van der Waals surface area contributed by atoms with Crippen molar-refractivity contribution in [3.63, 3.8) is 0 Å². The van der Waals surface area contributed by atoms with Gasteiger partial charge >= 0.3 is 0 Å². The number of carbonyl (C=O) groups excluding carboxylic acids is 2. The summed E-state index contributed by atoms with van der Waals surface area (Å²) in [6.07, 6.45) is 3.63. The molecular weight excluding hydrogens is 206 g/mol. The first kappa shape index (κ1) is 12.2. The number of nitrogens with one attached hydrogen (secondary N) is 1. The average Bonchev–Trinajstić information content (AvgIpc) is 2.29. The van der Waals surface area contributed by atoms with Gasteiger partial charge in [-0.1, -0.05) is 0 Å². The average molecular weight is 221 g/mol. The van der Waals surface area contributed by atoms with E-state index < -0.39 is 0 Å². The van der Waals surface area contributed by atoms with Gasteiger partial charge in [-0.2, -0.15) is 0 Å². The molecule has 0 atom stereocenters. The zero-order valence-electron chi connectivity index (χ0n) is 9.60. The predicted molar refractivity (Wildman–Crippen MR) is 61.2 cm³/mol. The van der Waals surface area contributed by atoms with Crippen molar-refractivity contribution >= 4 is 18.0 Å². The summed E-state index contributed by atoms with van der Waals surface area (Å²) in [5.74, 6) is -0.322. The lowest BCUT2D eigenvalue weighted by Crippen LogP contribution is -2.36. The van der Waals surface area contributed by atoms with Gasteiger partial charge in [-0.15, -0.1) is 0 Å². The molecule has 0 saturated heterocycles. The first-order valence-corrected chi connectivity index (χ1v) is 5.01. The Balaban J connectivity index is 3.08. The van der Waals surface area contributed by atoms with Gasteiger partial charge in [0.1, 0.15) is 0 Å². The fraction of sp³-hybridized carbons (Fsp3) is 0.364. The van der Waals surface area contributed by atoms with Crippen molar-refractivity contribution in [1.29, 1.82) is 0 Å². The minimum atomic E-state index is -0.322. The van der Waals surface area contributed by atoms with Crippen LogP contribution in [0.2, 0.25) is 0 Å². The van der Waals surface area contributed by atoms with E-state index in [9.17, 15) is 9.59 Å². The summed E-state index contributed by atoms with van der Waals surface area (Å²) < 4.78 is 0. The Kier molecular flexibility index (Phi) is 3.99. The number of hydrogen-bond donors (Lipinski definition) is 1. The van der Waals surface area contributed by atoms with Crippen LogP contribution in [-0.4, -0.2) is 35.3 Å². The molecule has 5 heteroatoms. The molecule has 1 rings (SSSR count). The zero-order chi connectivity index (χ0) is 12.1. The molecule has 0 fully saturated rings. The van der Waals surface area contributed by atoms with Gasteiger partial charge < -0.3 is 5.32 Å². The molecule has 0 bridgehead atoms. The standard InChI is InChI=1S/C11H15N3O2/c1-8(2)14(7-15)11(16)9-4-5-13-6-10(9)12-3/h4-8,12H,1-3H3. The Bertz CT molecular complexity index is 391. The van der Waals surface area contributed by atoms with Gasteiger partial charge in [-0.3, -0.25) is 19.5 Å². The Morgan fingerprint density at radius 1 is 1.56 bits per heavy atom. The molecule has 0 saturated carbocycles. The molecule has 0 aliphatic heterocycles. The lowest BCUT2D eigenvalue weighted by molar-refractivity contribution is -0.117. The lowest BCUT2D eigenvalue weighted by atomic mass is 10.2. The van der Waals surface area contributed by atoms with Crippen molar-refractivity contribution in [1.82, 2.24) is 9.88 Å². The van der Waals surface area contributed by atoms with Gasteiger partial charge in [0, 0.05) is 19.3 Å². The molecule has 0 spiro atoms. The quantitative estimate of drug-likeness (QED) is 0.774. The highest BCUT2D eigenvalue weighted by Gasteiger charge is 2.20. The minimum Gasteiger partial charge on any atom is -0.386 e. The normalized spacial score (nSPS) is 10.0. The van der Waals surface area contributed by atoms with E-state index in [4.69, 9.17) is 0 Å². The highest BCUT2D eigenvalue weighted by atomic mass is 16.2. The highest BCUT2D eigenvalue weighted by molar-refractivity contribution is 6.04. The summed E-state index contributed by atoms with van der Waals surface area (Å²) in [5, 5.41) is 2.87. The number of pyridine rings is 1. The summed E-state index contributed by atoms with van der Waals surface area (Å²) in [4.78, 5) is 27.9. The topological polar surface area (TPSA) is 62.3 Å². The second-order valence-corrected chi connectivity index (χ2v) is 3.58. The predicted octanol–water partition coefficient (Wildman–Crippen LogP) is 1.13. The van der Waals surface area contributed by atoms with E-state index in [1.54, 1.807) is 33.2 Å². The number of anilines is 1. The van der Waals surface area contributed by atoms with E-state index in [1.807, 2.05) is 0 Å². The van der Waals surface area contributed by atoms with Crippen LogP contribution in [0.5, 0.6) is 0 Å². The molecule has 0 radical (unpaired) electrons. The molecule has 0 aliphatic rings. The van der Waals surface area contributed by atoms with Crippen molar-refractivity contribution in [2.24, 2.45) is 0 Å². The van der Waals surface area contributed by atoms with Gasteiger partial charge in [0.25, 0.3) is 5.91 Å². The van der Waals surface area contributed by atoms with Crippen LogP contribution in [0.15, 0.2) is 18.5 Å². The summed E-state index contributed by atoms with van der Waals surface area (Å²) in [6, 6.07) is 1.43. The van der Waals surface area contributed by atoms with Crippen LogP contribution in [0.3, 0.4) is 0 Å². The summed E-state index contributed by atoms with van der Waals surface area (Å²) in [7, 11) is 1.70. The Hall–Kier alpha value is -1.91. The minimum absolute atomic E-state index is 0.164. The molecule has 0 aromatic carbocycles. The first-order chi connectivity index (χ1) is 7.61. The third-order valence-corrected chi connectivity index (χ3v) is 2.23. The molecule has 0 aliphatic carbocycles. The molecule has 1 aromatic rings. The molecule has 1 N–H and O–H groups in total. The van der Waals surface area contributed by atoms with Gasteiger partial charge in [-0.05, 0) is 19.9 Å². The largest absolute Gasteiger partial charge is 0.386 e. The Morgan fingerprint density at radius 2 is 2.25 bits per heavy atom. The second-order valence-electron chi connectivity index (χ2n) is 3.58. The van der Waals surface area contributed by atoms with Crippen LogP contribution in [0.1, 0.15) is 24.2 Å². The van der Waals surface area contributed by atoms with E-state index in [-0.39, 0.29) is 11.9 Å². The van der Waals surface area contributed by atoms with Gasteiger partial charge in [-0.25, -0.2) is 0 Å². The molecule has 1 aromatic heterocycles. The van der Waals surface area contributed by atoms with Gasteiger partial charge in [0.2, 0.25) is 6.41 Å². The van der Waals surface area contributed by atoms with Crippen LogP contribution in [0.4, 0.5) is 5.69 Å². The van der Waals surface area contributed by atoms with E-state index in [1.165, 1.54) is 6.20 Å². The number of amides is 2. The SMILES string of the molecule is CNc1cnccc1C(=O)N(C=O)C(C)C. The van der Waals surface area contributed by atoms with E-state index in [0.29, 0.717) is 17.7 Å². The van der Waals surface area contributed by atoms with Crippen LogP contribution in [0, 0.1) is 0 Å². The zero-order valence-corrected chi connectivity index (χ0v) is 9.60. The number of aromatic nitrogens is 1. The van der Waals surface area contributed by atoms with E-state index >= 15 is 0 Å².